The molecule has 7 heteroatoms. The number of thiophene rings is 1. The first kappa shape index (κ1) is 16.5. The molecule has 3 aromatic rings. The molecule has 2 aromatic carbocycles. The molecule has 0 aliphatic carbocycles. The number of Topliss-reactive ketones (excluding diaryl/α,β-unsaturated/α-hetero) is 1. The van der Waals surface area contributed by atoms with E-state index < -0.39 is 34.6 Å². The second-order valence-electron chi connectivity index (χ2n) is 5.76. The van der Waals surface area contributed by atoms with Gasteiger partial charge in [-0.25, -0.2) is 13.2 Å². The molecule has 0 saturated carbocycles. The summed E-state index contributed by atoms with van der Waals surface area (Å²) in [6.07, 6.45) is 0. The van der Waals surface area contributed by atoms with Gasteiger partial charge in [0.2, 0.25) is 5.78 Å². The van der Waals surface area contributed by atoms with Crippen molar-refractivity contribution in [1.29, 1.82) is 0 Å². The Morgan fingerprint density at radius 2 is 1.54 bits per heavy atom. The minimum atomic E-state index is -2.97. The SMILES string of the molecule is O=C1Nc2scc(-c3c(F)cccc3F)c2C(=O)C1(F)c1ccccc1. The highest BCUT2D eigenvalue weighted by Gasteiger charge is 2.53. The fourth-order valence-corrected chi connectivity index (χ4v) is 3.95. The van der Waals surface area contributed by atoms with Crippen LogP contribution >= 0.6 is 11.3 Å². The molecule has 2 heterocycles. The monoisotopic (exact) mass is 373 g/mol. The molecule has 130 valence electrons. The molecule has 1 aliphatic rings. The van der Waals surface area contributed by atoms with Gasteiger partial charge in [-0.3, -0.25) is 9.59 Å². The lowest BCUT2D eigenvalue weighted by Crippen LogP contribution is -2.47. The van der Waals surface area contributed by atoms with Crippen LogP contribution in [0.4, 0.5) is 18.2 Å². The number of nitrogens with one attached hydrogen (secondary N) is 1. The zero-order valence-electron chi connectivity index (χ0n) is 13.1. The van der Waals surface area contributed by atoms with Gasteiger partial charge in [0.25, 0.3) is 11.6 Å². The van der Waals surface area contributed by atoms with Crippen LogP contribution < -0.4 is 5.32 Å². The predicted molar refractivity (Wildman–Crippen MR) is 91.9 cm³/mol. The summed E-state index contributed by atoms with van der Waals surface area (Å²) in [7, 11) is 0. The Morgan fingerprint density at radius 3 is 2.19 bits per heavy atom. The molecule has 0 spiro atoms. The summed E-state index contributed by atoms with van der Waals surface area (Å²) in [6, 6.07) is 10.5. The van der Waals surface area contributed by atoms with Gasteiger partial charge in [-0.15, -0.1) is 11.3 Å². The highest BCUT2D eigenvalue weighted by atomic mass is 32.1. The van der Waals surface area contributed by atoms with Crippen molar-refractivity contribution in [1.82, 2.24) is 0 Å². The third kappa shape index (κ3) is 2.20. The van der Waals surface area contributed by atoms with Crippen LogP contribution in [0.25, 0.3) is 11.1 Å². The number of carbonyl (C=O) groups is 2. The zero-order chi connectivity index (χ0) is 18.5. The first-order valence-electron chi connectivity index (χ1n) is 7.61. The summed E-state index contributed by atoms with van der Waals surface area (Å²) < 4.78 is 44.0. The highest BCUT2D eigenvalue weighted by molar-refractivity contribution is 7.15. The maximum Gasteiger partial charge on any atom is 0.275 e. The summed E-state index contributed by atoms with van der Waals surface area (Å²) in [5, 5.41) is 3.75. The lowest BCUT2D eigenvalue weighted by atomic mass is 9.83. The number of hydrogen-bond acceptors (Lipinski definition) is 3. The molecule has 4 rings (SSSR count). The Bertz CT molecular complexity index is 1030. The summed E-state index contributed by atoms with van der Waals surface area (Å²) >= 11 is 0.915. The van der Waals surface area contributed by atoms with Crippen LogP contribution in [0.15, 0.2) is 53.9 Å². The van der Waals surface area contributed by atoms with Crippen molar-refractivity contribution in [2.75, 3.05) is 5.32 Å². The van der Waals surface area contributed by atoms with Gasteiger partial charge in [0.1, 0.15) is 16.6 Å². The van der Waals surface area contributed by atoms with Crippen molar-refractivity contribution >= 4 is 28.0 Å². The second-order valence-corrected chi connectivity index (χ2v) is 6.64. The molecule has 0 fully saturated rings. The molecule has 26 heavy (non-hydrogen) atoms. The van der Waals surface area contributed by atoms with Crippen LogP contribution in [0.5, 0.6) is 0 Å². The number of carbonyl (C=O) groups excluding carboxylic acids is 2. The number of amides is 1. The van der Waals surface area contributed by atoms with Crippen LogP contribution in [-0.2, 0) is 10.5 Å². The quantitative estimate of drug-likeness (QED) is 0.662. The van der Waals surface area contributed by atoms with E-state index in [9.17, 15) is 18.4 Å². The summed E-state index contributed by atoms with van der Waals surface area (Å²) in [4.78, 5) is 25.3. The Morgan fingerprint density at radius 1 is 0.885 bits per heavy atom. The number of hydrogen-bond donors (Lipinski definition) is 1. The predicted octanol–water partition coefficient (Wildman–Crippen LogP) is 4.69. The van der Waals surface area contributed by atoms with Gasteiger partial charge in [-0.2, -0.15) is 0 Å². The fourth-order valence-electron chi connectivity index (χ4n) is 3.01. The third-order valence-electron chi connectivity index (χ3n) is 4.27. The molecule has 1 aromatic heterocycles. The van der Waals surface area contributed by atoms with Crippen molar-refractivity contribution in [2.24, 2.45) is 0 Å². The van der Waals surface area contributed by atoms with E-state index in [1.807, 2.05) is 0 Å². The standard InChI is InChI=1S/C19H10F3NO2S/c20-12-7-4-8-13(21)14(12)11-9-26-17-15(11)16(24)19(22,18(25)23-17)10-5-2-1-3-6-10/h1-9H,(H,23,25). The Kier molecular flexibility index (Phi) is 3.69. The van der Waals surface area contributed by atoms with E-state index in [1.54, 1.807) is 6.07 Å². The molecular weight excluding hydrogens is 363 g/mol. The smallest absolute Gasteiger partial charge is 0.275 e. The minimum Gasteiger partial charge on any atom is -0.314 e. The summed E-state index contributed by atoms with van der Waals surface area (Å²) in [6.45, 7) is 0. The molecule has 0 saturated heterocycles. The first-order valence-corrected chi connectivity index (χ1v) is 8.49. The van der Waals surface area contributed by atoms with Crippen molar-refractivity contribution in [3.8, 4) is 11.1 Å². The summed E-state index contributed by atoms with van der Waals surface area (Å²) in [5.74, 6) is -4.01. The molecule has 3 nitrogen and oxygen atoms in total. The van der Waals surface area contributed by atoms with Gasteiger partial charge in [0, 0.05) is 16.5 Å². The molecule has 1 amide bonds. The maximum atomic E-state index is 15.6. The molecule has 0 radical (unpaired) electrons. The lowest BCUT2D eigenvalue weighted by Gasteiger charge is -2.28. The summed E-state index contributed by atoms with van der Waals surface area (Å²) in [5.41, 5.74) is -3.84. The van der Waals surface area contributed by atoms with E-state index in [0.717, 1.165) is 23.5 Å². The van der Waals surface area contributed by atoms with Gasteiger partial charge in [0.05, 0.1) is 11.1 Å². The number of benzene rings is 2. The second kappa shape index (κ2) is 5.81. The third-order valence-corrected chi connectivity index (χ3v) is 5.17. The van der Waals surface area contributed by atoms with E-state index in [2.05, 4.69) is 5.32 Å². The normalized spacial score (nSPS) is 19.2. The Hall–Kier alpha value is -2.93. The largest absolute Gasteiger partial charge is 0.314 e. The lowest BCUT2D eigenvalue weighted by molar-refractivity contribution is -0.125. The fraction of sp³-hybridized carbons (Fsp3) is 0.0526. The van der Waals surface area contributed by atoms with Crippen LogP contribution in [0.2, 0.25) is 0 Å². The van der Waals surface area contributed by atoms with Crippen molar-refractivity contribution in [3.05, 3.63) is 76.7 Å². The highest BCUT2D eigenvalue weighted by Crippen LogP contribution is 2.46. The van der Waals surface area contributed by atoms with Crippen LogP contribution in [-0.4, -0.2) is 11.7 Å². The van der Waals surface area contributed by atoms with Crippen LogP contribution in [0, 0.1) is 11.6 Å². The van der Waals surface area contributed by atoms with Gasteiger partial charge in [-0.1, -0.05) is 36.4 Å². The molecule has 1 aliphatic heterocycles. The molecule has 0 bridgehead atoms. The van der Waals surface area contributed by atoms with E-state index in [4.69, 9.17) is 0 Å². The number of rotatable bonds is 2. The zero-order valence-corrected chi connectivity index (χ0v) is 13.9. The van der Waals surface area contributed by atoms with Crippen LogP contribution in [0.3, 0.4) is 0 Å². The molecule has 1 N–H and O–H groups in total. The van der Waals surface area contributed by atoms with Gasteiger partial charge in [0.15, 0.2) is 0 Å². The van der Waals surface area contributed by atoms with E-state index >= 15 is 4.39 Å². The number of ketones is 1. The van der Waals surface area contributed by atoms with Gasteiger partial charge >= 0.3 is 0 Å². The van der Waals surface area contributed by atoms with Crippen molar-refractivity contribution in [2.45, 2.75) is 5.67 Å². The van der Waals surface area contributed by atoms with E-state index in [0.29, 0.717) is 0 Å². The number of anilines is 1. The minimum absolute atomic E-state index is 0.0712. The van der Waals surface area contributed by atoms with Gasteiger partial charge < -0.3 is 5.32 Å². The molecule has 1 atom stereocenters. The van der Waals surface area contributed by atoms with E-state index in [1.165, 1.54) is 35.7 Å². The number of halogens is 3. The number of fused-ring (bicyclic) bond motifs is 1. The van der Waals surface area contributed by atoms with E-state index in [-0.39, 0.29) is 21.7 Å². The number of alkyl halides is 1. The topological polar surface area (TPSA) is 46.2 Å². The first-order chi connectivity index (χ1) is 12.4. The Balaban J connectivity index is 1.94. The van der Waals surface area contributed by atoms with Crippen LogP contribution in [0.1, 0.15) is 15.9 Å². The maximum absolute atomic E-state index is 15.6. The van der Waals surface area contributed by atoms with Crippen molar-refractivity contribution < 1.29 is 22.8 Å². The Labute approximate surface area is 150 Å². The van der Waals surface area contributed by atoms with Gasteiger partial charge in [-0.05, 0) is 12.1 Å². The average molecular weight is 373 g/mol. The molecular formula is C19H10F3NO2S. The van der Waals surface area contributed by atoms with Crippen molar-refractivity contribution in [3.63, 3.8) is 0 Å². The molecule has 1 unspecified atom stereocenters. The average Bonchev–Trinajstić information content (AvgIpc) is 3.03.